The van der Waals surface area contributed by atoms with Gasteiger partial charge in [-0.25, -0.2) is 4.98 Å². The number of nitrogens with one attached hydrogen (secondary N) is 1. The number of anilines is 1. The van der Waals surface area contributed by atoms with Crippen molar-refractivity contribution in [3.05, 3.63) is 102 Å². The van der Waals surface area contributed by atoms with Crippen LogP contribution >= 0.6 is 11.3 Å². The van der Waals surface area contributed by atoms with Crippen molar-refractivity contribution in [1.29, 1.82) is 0 Å². The summed E-state index contributed by atoms with van der Waals surface area (Å²) in [5.74, 6) is -0.389. The van der Waals surface area contributed by atoms with E-state index in [1.54, 1.807) is 23.5 Å². The predicted molar refractivity (Wildman–Crippen MR) is 141 cm³/mol. The normalized spacial score (nSPS) is 11.3. The Morgan fingerprint density at radius 1 is 0.853 bits per heavy atom. The number of thiazole rings is 1. The van der Waals surface area contributed by atoms with Crippen molar-refractivity contribution in [3.63, 3.8) is 0 Å². The Kier molecular flexibility index (Phi) is 4.78. The van der Waals surface area contributed by atoms with Crippen LogP contribution in [0, 0.1) is 6.92 Å². The number of benzene rings is 5. The van der Waals surface area contributed by atoms with E-state index in [4.69, 9.17) is 4.98 Å². The first-order valence-electron chi connectivity index (χ1n) is 11.0. The van der Waals surface area contributed by atoms with Gasteiger partial charge in [0.05, 0.1) is 21.5 Å². The Morgan fingerprint density at radius 2 is 1.65 bits per heavy atom. The molecule has 164 valence electrons. The zero-order chi connectivity index (χ0) is 23.2. The molecule has 0 aliphatic heterocycles. The van der Waals surface area contributed by atoms with E-state index in [0.29, 0.717) is 0 Å². The number of para-hydroxylation sites is 1. The smallest absolute Gasteiger partial charge is 0.259 e. The lowest BCUT2D eigenvalue weighted by atomic mass is 10.0. The summed E-state index contributed by atoms with van der Waals surface area (Å²) in [4.78, 5) is 18.0. The number of carbonyl (C=O) groups excluding carboxylic acids is 1. The molecular formula is C29H20N2O2S. The molecule has 2 N–H and O–H groups in total. The molecule has 0 aliphatic rings. The minimum Gasteiger partial charge on any atom is -0.507 e. The van der Waals surface area contributed by atoms with Gasteiger partial charge in [-0.3, -0.25) is 4.79 Å². The number of rotatable bonds is 3. The Balaban J connectivity index is 1.40. The van der Waals surface area contributed by atoms with E-state index in [9.17, 15) is 9.90 Å². The van der Waals surface area contributed by atoms with Gasteiger partial charge in [-0.1, -0.05) is 60.7 Å². The number of hydrogen-bond acceptors (Lipinski definition) is 4. The summed E-state index contributed by atoms with van der Waals surface area (Å²) in [5, 5.41) is 18.4. The van der Waals surface area contributed by atoms with Crippen LogP contribution in [0.25, 0.3) is 42.3 Å². The molecule has 0 radical (unpaired) electrons. The molecule has 4 nitrogen and oxygen atoms in total. The van der Waals surface area contributed by atoms with Gasteiger partial charge in [0, 0.05) is 10.9 Å². The average Bonchev–Trinajstić information content (AvgIpc) is 3.29. The molecule has 0 saturated carbocycles. The van der Waals surface area contributed by atoms with Crippen LogP contribution in [0.2, 0.25) is 0 Å². The molecule has 34 heavy (non-hydrogen) atoms. The van der Waals surface area contributed by atoms with Crippen LogP contribution in [0.4, 0.5) is 5.69 Å². The van der Waals surface area contributed by atoms with Crippen LogP contribution in [-0.4, -0.2) is 16.0 Å². The van der Waals surface area contributed by atoms with Crippen molar-refractivity contribution in [2.75, 3.05) is 5.32 Å². The number of aromatic hydroxyl groups is 1. The fourth-order valence-electron chi connectivity index (χ4n) is 4.32. The number of carbonyl (C=O) groups is 1. The van der Waals surface area contributed by atoms with E-state index >= 15 is 0 Å². The van der Waals surface area contributed by atoms with Crippen LogP contribution < -0.4 is 5.32 Å². The molecular weight excluding hydrogens is 440 g/mol. The van der Waals surface area contributed by atoms with E-state index in [0.717, 1.165) is 53.6 Å². The largest absolute Gasteiger partial charge is 0.507 e. The van der Waals surface area contributed by atoms with E-state index in [1.165, 1.54) is 0 Å². The Hall–Kier alpha value is -4.22. The molecule has 0 saturated heterocycles. The Labute approximate surface area is 200 Å². The molecule has 0 aliphatic carbocycles. The highest BCUT2D eigenvalue weighted by molar-refractivity contribution is 7.21. The molecule has 1 aromatic heterocycles. The van der Waals surface area contributed by atoms with Gasteiger partial charge in [0.1, 0.15) is 10.8 Å². The second-order valence-corrected chi connectivity index (χ2v) is 9.38. The van der Waals surface area contributed by atoms with Gasteiger partial charge in [0.25, 0.3) is 5.91 Å². The monoisotopic (exact) mass is 460 g/mol. The maximum atomic E-state index is 13.3. The Bertz CT molecular complexity index is 1700. The number of aryl methyl sites for hydroxylation is 1. The molecule has 6 aromatic rings. The first kappa shape index (κ1) is 20.4. The van der Waals surface area contributed by atoms with Crippen molar-refractivity contribution in [2.24, 2.45) is 0 Å². The van der Waals surface area contributed by atoms with Crippen molar-refractivity contribution in [3.8, 4) is 16.3 Å². The van der Waals surface area contributed by atoms with Gasteiger partial charge in [0.2, 0.25) is 0 Å². The number of hydrogen-bond donors (Lipinski definition) is 2. The lowest BCUT2D eigenvalue weighted by molar-refractivity contribution is 0.102. The SMILES string of the molecule is Cc1ccc2ccccc2c1NC(=O)c1cc2cc(-c3nc4ccccc4s3)ccc2cc1O. The molecule has 0 atom stereocenters. The highest BCUT2D eigenvalue weighted by Gasteiger charge is 2.16. The number of nitrogens with zero attached hydrogens (tertiary/aromatic N) is 1. The maximum absolute atomic E-state index is 13.3. The van der Waals surface area contributed by atoms with E-state index in [1.807, 2.05) is 79.7 Å². The first-order chi connectivity index (χ1) is 16.6. The molecule has 0 spiro atoms. The van der Waals surface area contributed by atoms with Crippen molar-refractivity contribution < 1.29 is 9.90 Å². The number of amides is 1. The highest BCUT2D eigenvalue weighted by atomic mass is 32.1. The first-order valence-corrected chi connectivity index (χ1v) is 11.8. The van der Waals surface area contributed by atoms with Crippen LogP contribution in [-0.2, 0) is 0 Å². The highest BCUT2D eigenvalue weighted by Crippen LogP contribution is 2.34. The van der Waals surface area contributed by atoms with Crippen molar-refractivity contribution >= 4 is 54.7 Å². The minimum absolute atomic E-state index is 0.0457. The topological polar surface area (TPSA) is 62.2 Å². The van der Waals surface area contributed by atoms with E-state index in [-0.39, 0.29) is 17.2 Å². The number of aromatic nitrogens is 1. The summed E-state index contributed by atoms with van der Waals surface area (Å²) >= 11 is 1.64. The third-order valence-electron chi connectivity index (χ3n) is 6.12. The number of phenolic OH excluding ortho intramolecular Hbond substituents is 1. The quantitative estimate of drug-likeness (QED) is 0.287. The third-order valence-corrected chi connectivity index (χ3v) is 7.20. The second kappa shape index (κ2) is 7.97. The van der Waals surface area contributed by atoms with Gasteiger partial charge < -0.3 is 10.4 Å². The summed E-state index contributed by atoms with van der Waals surface area (Å²) in [6, 6.07) is 29.4. The fraction of sp³-hybridized carbons (Fsp3) is 0.0345. The van der Waals surface area contributed by atoms with Crippen molar-refractivity contribution in [1.82, 2.24) is 4.98 Å². The van der Waals surface area contributed by atoms with Crippen LogP contribution in [0.15, 0.2) is 91.0 Å². The van der Waals surface area contributed by atoms with E-state index in [2.05, 4.69) is 11.4 Å². The average molecular weight is 461 g/mol. The molecule has 0 bridgehead atoms. The summed E-state index contributed by atoms with van der Waals surface area (Å²) in [6.45, 7) is 1.96. The van der Waals surface area contributed by atoms with Gasteiger partial charge in [-0.2, -0.15) is 0 Å². The van der Waals surface area contributed by atoms with E-state index < -0.39 is 0 Å². The number of fused-ring (bicyclic) bond motifs is 3. The molecule has 1 amide bonds. The summed E-state index contributed by atoms with van der Waals surface area (Å²) < 4.78 is 1.13. The lowest BCUT2D eigenvalue weighted by Gasteiger charge is -2.13. The predicted octanol–water partition coefficient (Wildman–Crippen LogP) is 7.54. The lowest BCUT2D eigenvalue weighted by Crippen LogP contribution is -2.13. The van der Waals surface area contributed by atoms with Crippen LogP contribution in [0.1, 0.15) is 15.9 Å². The zero-order valence-corrected chi connectivity index (χ0v) is 19.2. The summed E-state index contributed by atoms with van der Waals surface area (Å²) in [7, 11) is 0. The van der Waals surface area contributed by atoms with Gasteiger partial charge in [-0.05, 0) is 59.0 Å². The van der Waals surface area contributed by atoms with Gasteiger partial charge in [0.15, 0.2) is 0 Å². The molecule has 0 fully saturated rings. The molecule has 5 heteroatoms. The summed E-state index contributed by atoms with van der Waals surface area (Å²) in [5.41, 5.74) is 3.91. The maximum Gasteiger partial charge on any atom is 0.259 e. The summed E-state index contributed by atoms with van der Waals surface area (Å²) in [6.07, 6.45) is 0. The van der Waals surface area contributed by atoms with Gasteiger partial charge >= 0.3 is 0 Å². The fourth-order valence-corrected chi connectivity index (χ4v) is 5.29. The molecule has 6 rings (SSSR count). The molecule has 1 heterocycles. The number of phenols is 1. The van der Waals surface area contributed by atoms with Crippen LogP contribution in [0.5, 0.6) is 5.75 Å². The minimum atomic E-state index is -0.343. The van der Waals surface area contributed by atoms with Crippen LogP contribution in [0.3, 0.4) is 0 Å². The molecule has 0 unspecified atom stereocenters. The molecule has 5 aromatic carbocycles. The third kappa shape index (κ3) is 3.47. The second-order valence-electron chi connectivity index (χ2n) is 8.35. The van der Waals surface area contributed by atoms with Crippen molar-refractivity contribution in [2.45, 2.75) is 6.92 Å². The Morgan fingerprint density at radius 3 is 2.53 bits per heavy atom. The van der Waals surface area contributed by atoms with Gasteiger partial charge in [-0.15, -0.1) is 11.3 Å². The zero-order valence-electron chi connectivity index (χ0n) is 18.4. The standard InChI is InChI=1S/C29H20N2O2S/c1-17-10-11-18-6-2-3-7-22(18)27(17)31-28(33)23-15-21-14-20(13-12-19(21)16-25(23)32)29-30-24-8-4-5-9-26(24)34-29/h2-16,32H,1H3,(H,31,33).